The predicted molar refractivity (Wildman–Crippen MR) is 138 cm³/mol. The van der Waals surface area contributed by atoms with Crippen LogP contribution in [0, 0.1) is 5.82 Å². The van der Waals surface area contributed by atoms with E-state index in [9.17, 15) is 33.5 Å². The van der Waals surface area contributed by atoms with Gasteiger partial charge in [0, 0.05) is 45.3 Å². The molecule has 3 aliphatic heterocycles. The smallest absolute Gasteiger partial charge is 0.440 e. The van der Waals surface area contributed by atoms with Gasteiger partial charge in [-0.1, -0.05) is 11.6 Å². The van der Waals surface area contributed by atoms with Gasteiger partial charge >= 0.3 is 18.3 Å². The van der Waals surface area contributed by atoms with Gasteiger partial charge in [0.1, 0.15) is 17.0 Å². The second kappa shape index (κ2) is 11.0. The molecule has 1 aliphatic carbocycles. The van der Waals surface area contributed by atoms with Crippen molar-refractivity contribution in [2.45, 2.75) is 26.4 Å². The fourth-order valence-corrected chi connectivity index (χ4v) is 3.99. The summed E-state index contributed by atoms with van der Waals surface area (Å²) in [6.45, 7) is 9.64. The maximum absolute atomic E-state index is 14.0. The van der Waals surface area contributed by atoms with Gasteiger partial charge in [0.05, 0.1) is 5.70 Å². The highest BCUT2D eigenvalue weighted by atomic mass is 35.5. The van der Waals surface area contributed by atoms with E-state index in [-0.39, 0.29) is 16.6 Å². The summed E-state index contributed by atoms with van der Waals surface area (Å²) in [6, 6.07) is 0. The Morgan fingerprint density at radius 2 is 1.46 bits per heavy atom. The normalized spacial score (nSPS) is 17.4. The number of hydrogen-bond acceptors (Lipinski definition) is 11. The maximum atomic E-state index is 14.0. The van der Waals surface area contributed by atoms with Crippen LogP contribution in [0.15, 0.2) is 23.2 Å². The van der Waals surface area contributed by atoms with Crippen LogP contribution in [0.4, 0.5) is 24.6 Å². The Morgan fingerprint density at radius 1 is 0.927 bits per heavy atom. The highest BCUT2D eigenvalue weighted by Crippen LogP contribution is 2.34. The van der Waals surface area contributed by atoms with E-state index in [2.05, 4.69) is 9.97 Å². The fourth-order valence-electron chi connectivity index (χ4n) is 3.62. The summed E-state index contributed by atoms with van der Waals surface area (Å²) < 4.78 is 18.8. The molecular formula is C23H24Cl2FN7O8. The monoisotopic (exact) mass is 615 g/mol. The molecule has 0 atom stereocenters. The van der Waals surface area contributed by atoms with Gasteiger partial charge in [-0.2, -0.15) is 9.37 Å². The van der Waals surface area contributed by atoms with Crippen molar-refractivity contribution >= 4 is 58.9 Å². The van der Waals surface area contributed by atoms with Crippen LogP contribution in [0.5, 0.6) is 0 Å². The quantitative estimate of drug-likeness (QED) is 0.166. The molecule has 0 saturated carbocycles. The first-order chi connectivity index (χ1) is 19.1. The minimum Gasteiger partial charge on any atom is -0.463 e. The fraction of sp³-hybridized carbons (Fsp3) is 0.435. The van der Waals surface area contributed by atoms with Crippen molar-refractivity contribution in [3.63, 3.8) is 0 Å². The van der Waals surface area contributed by atoms with Gasteiger partial charge in [0.2, 0.25) is 28.5 Å². The average Bonchev–Trinajstić information content (AvgIpc) is 3.69. The Kier molecular flexibility index (Phi) is 8.00. The van der Waals surface area contributed by atoms with E-state index in [0.717, 1.165) is 39.3 Å². The number of hydrazine groups is 1. The van der Waals surface area contributed by atoms with Crippen molar-refractivity contribution in [2.24, 2.45) is 0 Å². The first-order valence-corrected chi connectivity index (χ1v) is 12.8. The van der Waals surface area contributed by atoms with Crippen LogP contribution in [0.3, 0.4) is 0 Å². The number of anilines is 1. The molecule has 1 aromatic rings. The van der Waals surface area contributed by atoms with E-state index in [1.165, 1.54) is 26.8 Å². The van der Waals surface area contributed by atoms with E-state index in [1.807, 2.05) is 14.7 Å². The van der Waals surface area contributed by atoms with Gasteiger partial charge < -0.3 is 29.6 Å². The van der Waals surface area contributed by atoms with Crippen LogP contribution in [-0.4, -0.2) is 115 Å². The number of halogens is 3. The molecular weight excluding hydrogens is 592 g/mol. The number of ether oxygens (including phenoxy) is 1. The summed E-state index contributed by atoms with van der Waals surface area (Å²) >= 11 is 10.9. The van der Waals surface area contributed by atoms with Gasteiger partial charge in [0.25, 0.3) is 0 Å². The number of rotatable bonds is 4. The second-order valence-corrected chi connectivity index (χ2v) is 10.7. The SMILES string of the molecule is CC(C)(C)OC(=O)N(C(=O)O)N(C(=O)O)c1nc(Cl)nc(Cl)c1F.O=C1C=C(N2CC2)C(=O)C(N2CC2)=C1N1CC1. The zero-order valence-corrected chi connectivity index (χ0v) is 23.4. The molecule has 5 rings (SSSR count). The Labute approximate surface area is 241 Å². The minimum absolute atomic E-state index is 0.00546. The van der Waals surface area contributed by atoms with Crippen molar-refractivity contribution in [3.05, 3.63) is 39.4 Å². The number of carbonyl (C=O) groups excluding carboxylic acids is 3. The summed E-state index contributed by atoms with van der Waals surface area (Å²) in [5.41, 5.74) is 0.728. The zero-order valence-electron chi connectivity index (χ0n) is 21.9. The Morgan fingerprint density at radius 3 is 1.93 bits per heavy atom. The van der Waals surface area contributed by atoms with Gasteiger partial charge in [-0.05, 0) is 32.4 Å². The lowest BCUT2D eigenvalue weighted by Crippen LogP contribution is -2.54. The summed E-state index contributed by atoms with van der Waals surface area (Å²) in [7, 11) is 0. The van der Waals surface area contributed by atoms with Crippen molar-refractivity contribution in [1.29, 1.82) is 0 Å². The molecule has 0 spiro atoms. The van der Waals surface area contributed by atoms with Crippen molar-refractivity contribution in [2.75, 3.05) is 44.3 Å². The highest BCUT2D eigenvalue weighted by Gasteiger charge is 2.44. The predicted octanol–water partition coefficient (Wildman–Crippen LogP) is 2.42. The number of hydrogen-bond donors (Lipinski definition) is 2. The van der Waals surface area contributed by atoms with Crippen molar-refractivity contribution in [3.8, 4) is 0 Å². The third kappa shape index (κ3) is 6.77. The standard InChI is InChI=1S/C12H13N3O2.C11H11Cl2FN4O6/c16-9-7-8(13-1-2-13)12(17)11(15-5-6-15)10(9)14-3-4-14;1-11(2,3)24-10(23)18(9(21)22)17(8(19)20)6-4(14)5(12)15-7(13)16-6/h7H,1-6H2;1-3H3,(H,19,20)(H,21,22). The zero-order chi connectivity index (χ0) is 30.4. The molecule has 4 aliphatic rings. The average molecular weight is 616 g/mol. The number of allylic oxidation sites excluding steroid dienone is 1. The lowest BCUT2D eigenvalue weighted by Gasteiger charge is -2.29. The molecule has 1 aromatic heterocycles. The number of amides is 3. The molecule has 2 N–H and O–H groups in total. The lowest BCUT2D eigenvalue weighted by molar-refractivity contribution is -0.117. The molecule has 0 bridgehead atoms. The van der Waals surface area contributed by atoms with Crippen LogP contribution in [0.1, 0.15) is 20.8 Å². The maximum Gasteiger partial charge on any atom is 0.440 e. The van der Waals surface area contributed by atoms with E-state index in [4.69, 9.17) is 33.0 Å². The van der Waals surface area contributed by atoms with Gasteiger partial charge in [-0.15, -0.1) is 10.0 Å². The Balaban J connectivity index is 0.000000198. The number of carbonyl (C=O) groups is 5. The van der Waals surface area contributed by atoms with Crippen LogP contribution in [0.2, 0.25) is 10.4 Å². The topological polar surface area (TPSA) is 176 Å². The first-order valence-electron chi connectivity index (χ1n) is 12.1. The molecule has 41 heavy (non-hydrogen) atoms. The van der Waals surface area contributed by atoms with E-state index in [1.54, 1.807) is 0 Å². The molecule has 0 aromatic carbocycles. The van der Waals surface area contributed by atoms with E-state index >= 15 is 0 Å². The third-order valence-corrected chi connectivity index (χ3v) is 6.00. The molecule has 3 amide bonds. The van der Waals surface area contributed by atoms with E-state index in [0.29, 0.717) is 17.1 Å². The molecule has 4 heterocycles. The van der Waals surface area contributed by atoms with Crippen molar-refractivity contribution in [1.82, 2.24) is 29.7 Å². The third-order valence-electron chi connectivity index (χ3n) is 5.58. The van der Waals surface area contributed by atoms with Gasteiger partial charge in [-0.3, -0.25) is 9.59 Å². The summed E-state index contributed by atoms with van der Waals surface area (Å²) in [6.07, 6.45) is -4.22. The number of ketones is 2. The molecule has 220 valence electrons. The Bertz CT molecular complexity index is 1400. The summed E-state index contributed by atoms with van der Waals surface area (Å²) in [4.78, 5) is 71.7. The van der Waals surface area contributed by atoms with Crippen molar-refractivity contribution < 1.29 is 43.3 Å². The summed E-state index contributed by atoms with van der Waals surface area (Å²) in [5, 5.41) is 16.1. The van der Waals surface area contributed by atoms with Crippen LogP contribution >= 0.6 is 23.2 Å². The second-order valence-electron chi connectivity index (χ2n) is 9.97. The number of nitrogens with zero attached hydrogens (tertiary/aromatic N) is 7. The highest BCUT2D eigenvalue weighted by molar-refractivity contribution is 6.32. The van der Waals surface area contributed by atoms with Crippen LogP contribution in [0.25, 0.3) is 0 Å². The minimum atomic E-state index is -2.07. The Hall–Kier alpha value is -4.18. The lowest BCUT2D eigenvalue weighted by atomic mass is 10.0. The summed E-state index contributed by atoms with van der Waals surface area (Å²) in [5.74, 6) is -2.62. The number of aromatic nitrogens is 2. The molecule has 15 nitrogen and oxygen atoms in total. The van der Waals surface area contributed by atoms with Gasteiger partial charge in [-0.25, -0.2) is 19.4 Å². The number of Topliss-reactive ketones (excluding diaryl/α,β-unsaturated/α-hetero) is 1. The van der Waals surface area contributed by atoms with E-state index < -0.39 is 51.0 Å². The molecule has 18 heteroatoms. The number of imide groups is 1. The largest absolute Gasteiger partial charge is 0.463 e. The molecule has 3 fully saturated rings. The molecule has 0 unspecified atom stereocenters. The number of carboxylic acid groups (broad SMARTS) is 2. The van der Waals surface area contributed by atoms with Gasteiger partial charge in [0.15, 0.2) is 5.15 Å². The first kappa shape index (κ1) is 29.8. The molecule has 3 saturated heterocycles. The molecule has 0 radical (unpaired) electrons. The van der Waals surface area contributed by atoms with Crippen LogP contribution < -0.4 is 5.01 Å². The van der Waals surface area contributed by atoms with Crippen LogP contribution in [-0.2, 0) is 14.3 Å².